The second kappa shape index (κ2) is 3.85. The normalized spacial score (nSPS) is 10.3. The summed E-state index contributed by atoms with van der Waals surface area (Å²) in [6, 6.07) is 13.0. The van der Waals surface area contributed by atoms with Gasteiger partial charge in [0, 0.05) is 5.56 Å². The van der Waals surface area contributed by atoms with Gasteiger partial charge in [-0.1, -0.05) is 47.5 Å². The first-order valence-electron chi connectivity index (χ1n) is 5.00. The Kier molecular flexibility index (Phi) is 2.55. The van der Waals surface area contributed by atoms with Gasteiger partial charge in [0.15, 0.2) is 0 Å². The molecule has 0 amide bonds. The third-order valence-electron chi connectivity index (χ3n) is 2.41. The Labute approximate surface area is 89.4 Å². The van der Waals surface area contributed by atoms with Gasteiger partial charge in [0.2, 0.25) is 0 Å². The van der Waals surface area contributed by atoms with Crippen LogP contribution < -0.4 is 0 Å². The van der Waals surface area contributed by atoms with Crippen molar-refractivity contribution < 1.29 is 4.39 Å². The number of hydrogen-bond acceptors (Lipinski definition) is 0. The molecule has 0 aliphatic carbocycles. The minimum Gasteiger partial charge on any atom is -0.206 e. The molecular weight excluding hydrogens is 187 g/mol. The highest BCUT2D eigenvalue weighted by Crippen LogP contribution is 2.24. The Morgan fingerprint density at radius 2 is 1.47 bits per heavy atom. The summed E-state index contributed by atoms with van der Waals surface area (Å²) in [5.41, 5.74) is 3.94. The van der Waals surface area contributed by atoms with Crippen molar-refractivity contribution in [1.82, 2.24) is 0 Å². The summed E-state index contributed by atoms with van der Waals surface area (Å²) in [5.74, 6) is -0.164. The predicted molar refractivity (Wildman–Crippen MR) is 61.3 cm³/mol. The van der Waals surface area contributed by atoms with Crippen LogP contribution in [0.2, 0.25) is 0 Å². The number of rotatable bonds is 1. The third kappa shape index (κ3) is 2.07. The molecule has 2 rings (SSSR count). The Balaban J connectivity index is 2.59. The fourth-order valence-corrected chi connectivity index (χ4v) is 1.83. The monoisotopic (exact) mass is 200 g/mol. The number of hydrogen-bond donors (Lipinski definition) is 0. The third-order valence-corrected chi connectivity index (χ3v) is 2.41. The van der Waals surface area contributed by atoms with E-state index in [1.54, 1.807) is 6.07 Å². The van der Waals surface area contributed by atoms with Crippen LogP contribution in [0.1, 0.15) is 11.1 Å². The lowest BCUT2D eigenvalue weighted by Crippen LogP contribution is -1.86. The average Bonchev–Trinajstić information content (AvgIpc) is 2.16. The molecule has 0 aromatic heterocycles. The molecule has 0 aliphatic rings. The van der Waals surface area contributed by atoms with E-state index in [-0.39, 0.29) is 5.82 Å². The first kappa shape index (κ1) is 9.91. The van der Waals surface area contributed by atoms with E-state index in [4.69, 9.17) is 0 Å². The van der Waals surface area contributed by atoms with Crippen molar-refractivity contribution in [2.75, 3.05) is 0 Å². The highest BCUT2D eigenvalue weighted by molar-refractivity contribution is 5.65. The van der Waals surface area contributed by atoms with Crippen molar-refractivity contribution in [3.63, 3.8) is 0 Å². The smallest absolute Gasteiger partial charge is 0.131 e. The summed E-state index contributed by atoms with van der Waals surface area (Å²) in [6.07, 6.45) is 0. The largest absolute Gasteiger partial charge is 0.206 e. The molecule has 0 nitrogen and oxygen atoms in total. The van der Waals surface area contributed by atoms with Crippen molar-refractivity contribution in [2.24, 2.45) is 0 Å². The fourth-order valence-electron chi connectivity index (χ4n) is 1.83. The molecule has 0 N–H and O–H groups in total. The topological polar surface area (TPSA) is 0 Å². The van der Waals surface area contributed by atoms with Crippen LogP contribution in [0, 0.1) is 19.7 Å². The number of aryl methyl sites for hydroxylation is 2. The molecular formula is C14H13F. The predicted octanol–water partition coefficient (Wildman–Crippen LogP) is 4.11. The minimum absolute atomic E-state index is 0.164. The van der Waals surface area contributed by atoms with Gasteiger partial charge in [-0.2, -0.15) is 0 Å². The van der Waals surface area contributed by atoms with Gasteiger partial charge in [-0.3, -0.25) is 0 Å². The summed E-state index contributed by atoms with van der Waals surface area (Å²) in [6.45, 7) is 4.05. The second-order valence-corrected chi connectivity index (χ2v) is 3.86. The minimum atomic E-state index is -0.164. The van der Waals surface area contributed by atoms with Gasteiger partial charge in [-0.05, 0) is 25.5 Å². The first-order chi connectivity index (χ1) is 7.16. The fraction of sp³-hybridized carbons (Fsp3) is 0.143. The molecule has 0 bridgehead atoms. The molecule has 0 unspecified atom stereocenters. The van der Waals surface area contributed by atoms with Crippen LogP contribution in [0.25, 0.3) is 11.1 Å². The number of benzene rings is 2. The molecule has 0 fully saturated rings. The molecule has 1 heteroatoms. The zero-order chi connectivity index (χ0) is 10.8. The summed E-state index contributed by atoms with van der Waals surface area (Å²) >= 11 is 0. The maximum absolute atomic E-state index is 13.5. The molecule has 0 atom stereocenters. The van der Waals surface area contributed by atoms with E-state index < -0.39 is 0 Å². The highest BCUT2D eigenvalue weighted by atomic mass is 19.1. The molecule has 0 radical (unpaired) electrons. The maximum atomic E-state index is 13.5. The summed E-state index contributed by atoms with van der Waals surface area (Å²) in [4.78, 5) is 0. The van der Waals surface area contributed by atoms with E-state index in [0.717, 1.165) is 16.7 Å². The van der Waals surface area contributed by atoms with Gasteiger partial charge in [0.1, 0.15) is 5.82 Å². The van der Waals surface area contributed by atoms with E-state index in [1.165, 1.54) is 6.07 Å². The molecule has 0 saturated heterocycles. The van der Waals surface area contributed by atoms with Crippen LogP contribution in [0.5, 0.6) is 0 Å². The van der Waals surface area contributed by atoms with Crippen molar-refractivity contribution in [1.29, 1.82) is 0 Å². The maximum Gasteiger partial charge on any atom is 0.131 e. The van der Waals surface area contributed by atoms with Gasteiger partial charge in [0.05, 0.1) is 0 Å². The van der Waals surface area contributed by atoms with Crippen LogP contribution in [0.4, 0.5) is 4.39 Å². The Morgan fingerprint density at radius 1 is 0.867 bits per heavy atom. The van der Waals surface area contributed by atoms with Gasteiger partial charge in [-0.25, -0.2) is 4.39 Å². The molecule has 2 aromatic carbocycles. The van der Waals surface area contributed by atoms with Gasteiger partial charge in [0.25, 0.3) is 0 Å². The summed E-state index contributed by atoms with van der Waals surface area (Å²) < 4.78 is 13.5. The standard InChI is InChI=1S/C14H13F/c1-10-7-11(2)9-12(8-10)13-5-3-4-6-14(13)15/h3-9H,1-2H3. The van der Waals surface area contributed by atoms with E-state index in [0.29, 0.717) is 5.56 Å². The van der Waals surface area contributed by atoms with Crippen molar-refractivity contribution in [3.05, 3.63) is 59.4 Å². The number of halogens is 1. The Morgan fingerprint density at radius 3 is 2.07 bits per heavy atom. The van der Waals surface area contributed by atoms with Gasteiger partial charge in [-0.15, -0.1) is 0 Å². The lowest BCUT2D eigenvalue weighted by Gasteiger charge is -2.06. The van der Waals surface area contributed by atoms with E-state index >= 15 is 0 Å². The van der Waals surface area contributed by atoms with E-state index in [1.807, 2.05) is 38.1 Å². The highest BCUT2D eigenvalue weighted by Gasteiger charge is 2.04. The molecule has 2 aromatic rings. The van der Waals surface area contributed by atoms with Crippen LogP contribution >= 0.6 is 0 Å². The van der Waals surface area contributed by atoms with Crippen LogP contribution in [-0.4, -0.2) is 0 Å². The molecule has 15 heavy (non-hydrogen) atoms. The SMILES string of the molecule is Cc1cc(C)cc(-c2ccccc2F)c1. The van der Waals surface area contributed by atoms with Crippen LogP contribution in [0.15, 0.2) is 42.5 Å². The summed E-state index contributed by atoms with van der Waals surface area (Å²) in [7, 11) is 0. The zero-order valence-corrected chi connectivity index (χ0v) is 8.92. The zero-order valence-electron chi connectivity index (χ0n) is 8.92. The Bertz CT molecular complexity index is 466. The molecule has 76 valence electrons. The second-order valence-electron chi connectivity index (χ2n) is 3.86. The van der Waals surface area contributed by atoms with Crippen molar-refractivity contribution >= 4 is 0 Å². The van der Waals surface area contributed by atoms with Gasteiger partial charge >= 0.3 is 0 Å². The van der Waals surface area contributed by atoms with Crippen LogP contribution in [0.3, 0.4) is 0 Å². The molecule has 0 aliphatic heterocycles. The van der Waals surface area contributed by atoms with E-state index in [9.17, 15) is 4.39 Å². The van der Waals surface area contributed by atoms with Crippen molar-refractivity contribution in [3.8, 4) is 11.1 Å². The lowest BCUT2D eigenvalue weighted by molar-refractivity contribution is 0.631. The van der Waals surface area contributed by atoms with E-state index in [2.05, 4.69) is 6.07 Å². The summed E-state index contributed by atoms with van der Waals surface area (Å²) in [5, 5.41) is 0. The average molecular weight is 200 g/mol. The lowest BCUT2D eigenvalue weighted by atomic mass is 10.0. The quantitative estimate of drug-likeness (QED) is 0.649. The van der Waals surface area contributed by atoms with Crippen molar-refractivity contribution in [2.45, 2.75) is 13.8 Å². The van der Waals surface area contributed by atoms with Crippen LogP contribution in [-0.2, 0) is 0 Å². The molecule has 0 saturated carbocycles. The molecule has 0 spiro atoms. The van der Waals surface area contributed by atoms with Gasteiger partial charge < -0.3 is 0 Å². The Hall–Kier alpha value is -1.63. The molecule has 0 heterocycles. The first-order valence-corrected chi connectivity index (χ1v) is 5.00.